The molecule has 0 aromatic heterocycles. The first-order chi connectivity index (χ1) is 11.7. The Morgan fingerprint density at radius 2 is 1.96 bits per heavy atom. The van der Waals surface area contributed by atoms with Crippen LogP contribution in [0.25, 0.3) is 0 Å². The molecule has 0 spiro atoms. The van der Waals surface area contributed by atoms with Gasteiger partial charge in [0.15, 0.2) is 0 Å². The van der Waals surface area contributed by atoms with E-state index < -0.39 is 22.6 Å². The van der Waals surface area contributed by atoms with Crippen molar-refractivity contribution in [1.29, 1.82) is 0 Å². The summed E-state index contributed by atoms with van der Waals surface area (Å²) in [7, 11) is -4.47. The third-order valence-corrected chi connectivity index (χ3v) is 7.39. The lowest BCUT2D eigenvalue weighted by molar-refractivity contribution is -0.0289. The zero-order chi connectivity index (χ0) is 18.0. The van der Waals surface area contributed by atoms with Gasteiger partial charge in [0.05, 0.1) is 12.2 Å². The summed E-state index contributed by atoms with van der Waals surface area (Å²) in [6, 6.07) is 5.23. The quantitative estimate of drug-likeness (QED) is 0.694. The van der Waals surface area contributed by atoms with Crippen molar-refractivity contribution in [3.63, 3.8) is 0 Å². The Bertz CT molecular complexity index is 791. The third-order valence-electron chi connectivity index (χ3n) is 6.91. The Balaban J connectivity index is 1.67. The van der Waals surface area contributed by atoms with Crippen molar-refractivity contribution in [1.82, 2.24) is 0 Å². The van der Waals surface area contributed by atoms with Crippen LogP contribution in [0.3, 0.4) is 0 Å². The molecule has 6 atom stereocenters. The second kappa shape index (κ2) is 5.67. The standard InChI is InChI=1S/C18H24O6S/c1-18-7-6-12-11-3-2-10(19)8-14(11)16(20)9-13(12)15(18)4-5-17(18)24-25(21,22)23/h2-3,8,12-13,15-17,19-20H,4-7,9H2,1H3,(H,21,22,23)/t12-,13-,15+,16-,17+,18+/m1/s1. The first-order valence-corrected chi connectivity index (χ1v) is 10.2. The summed E-state index contributed by atoms with van der Waals surface area (Å²) in [5, 5.41) is 20.3. The lowest BCUT2D eigenvalue weighted by atomic mass is 9.55. The predicted molar refractivity (Wildman–Crippen MR) is 90.4 cm³/mol. The predicted octanol–water partition coefficient (Wildman–Crippen LogP) is 2.93. The highest BCUT2D eigenvalue weighted by Gasteiger charge is 2.57. The molecule has 2 fully saturated rings. The molecule has 3 aliphatic rings. The van der Waals surface area contributed by atoms with Crippen LogP contribution in [0.4, 0.5) is 0 Å². The minimum Gasteiger partial charge on any atom is -0.508 e. The van der Waals surface area contributed by atoms with Gasteiger partial charge in [0.25, 0.3) is 0 Å². The molecule has 0 aliphatic heterocycles. The van der Waals surface area contributed by atoms with Crippen molar-refractivity contribution >= 4 is 10.4 Å². The Labute approximate surface area is 147 Å². The van der Waals surface area contributed by atoms with Crippen molar-refractivity contribution in [3.05, 3.63) is 29.3 Å². The lowest BCUT2D eigenvalue weighted by Gasteiger charge is -2.51. The number of hydrogen-bond acceptors (Lipinski definition) is 5. The molecule has 1 aromatic rings. The van der Waals surface area contributed by atoms with Crippen LogP contribution < -0.4 is 0 Å². The van der Waals surface area contributed by atoms with Crippen molar-refractivity contribution < 1.29 is 27.4 Å². The van der Waals surface area contributed by atoms with Crippen LogP contribution >= 0.6 is 0 Å². The average molecular weight is 368 g/mol. The molecule has 4 rings (SSSR count). The summed E-state index contributed by atoms with van der Waals surface area (Å²) in [6.07, 6.45) is 2.61. The molecule has 0 unspecified atom stereocenters. The number of hydrogen-bond donors (Lipinski definition) is 3. The maximum Gasteiger partial charge on any atom is 0.397 e. The number of phenolic OH excluding ortho intramolecular Hbond substituents is 1. The SMILES string of the molecule is C[C@]12CC[C@@H]3c4ccc(O)cc4[C@H](O)C[C@H]3[C@@H]1CC[C@@H]2OS(=O)(=O)O. The Kier molecular flexibility index (Phi) is 3.92. The molecule has 25 heavy (non-hydrogen) atoms. The maximum absolute atomic E-state index is 11.2. The first kappa shape index (κ1) is 17.3. The highest BCUT2D eigenvalue weighted by Crippen LogP contribution is 2.62. The van der Waals surface area contributed by atoms with Crippen LogP contribution in [0.2, 0.25) is 0 Å². The van der Waals surface area contributed by atoms with Crippen LogP contribution in [0.5, 0.6) is 5.75 Å². The molecule has 7 heteroatoms. The van der Waals surface area contributed by atoms with Gasteiger partial charge in [-0.2, -0.15) is 8.42 Å². The highest BCUT2D eigenvalue weighted by atomic mass is 32.3. The second-order valence-corrected chi connectivity index (χ2v) is 9.12. The van der Waals surface area contributed by atoms with Gasteiger partial charge >= 0.3 is 10.4 Å². The number of aliphatic hydroxyl groups is 1. The fraction of sp³-hybridized carbons (Fsp3) is 0.667. The van der Waals surface area contributed by atoms with Gasteiger partial charge in [0.1, 0.15) is 5.75 Å². The maximum atomic E-state index is 11.2. The molecule has 0 amide bonds. The summed E-state index contributed by atoms with van der Waals surface area (Å²) < 4.78 is 36.5. The molecule has 1 aromatic carbocycles. The van der Waals surface area contributed by atoms with E-state index in [2.05, 4.69) is 6.92 Å². The highest BCUT2D eigenvalue weighted by molar-refractivity contribution is 7.80. The molecule has 2 saturated carbocycles. The smallest absolute Gasteiger partial charge is 0.397 e. The first-order valence-electron chi connectivity index (χ1n) is 8.85. The van der Waals surface area contributed by atoms with E-state index in [4.69, 9.17) is 8.74 Å². The van der Waals surface area contributed by atoms with Gasteiger partial charge in [-0.05, 0) is 78.5 Å². The summed E-state index contributed by atoms with van der Waals surface area (Å²) in [6.45, 7) is 2.05. The van der Waals surface area contributed by atoms with E-state index in [1.54, 1.807) is 12.1 Å². The van der Waals surface area contributed by atoms with E-state index in [1.807, 2.05) is 6.07 Å². The van der Waals surface area contributed by atoms with Crippen LogP contribution in [-0.2, 0) is 14.6 Å². The summed E-state index contributed by atoms with van der Waals surface area (Å²) in [5.74, 6) is 0.969. The van der Waals surface area contributed by atoms with Crippen molar-refractivity contribution in [2.75, 3.05) is 0 Å². The van der Waals surface area contributed by atoms with Crippen molar-refractivity contribution in [2.45, 2.75) is 57.2 Å². The van der Waals surface area contributed by atoms with E-state index in [0.717, 1.165) is 30.4 Å². The van der Waals surface area contributed by atoms with E-state index >= 15 is 0 Å². The van der Waals surface area contributed by atoms with Crippen molar-refractivity contribution in [3.8, 4) is 5.75 Å². The summed E-state index contributed by atoms with van der Waals surface area (Å²) in [4.78, 5) is 0. The van der Waals surface area contributed by atoms with E-state index in [9.17, 15) is 18.6 Å². The second-order valence-electron chi connectivity index (χ2n) is 8.08. The number of fused-ring (bicyclic) bond motifs is 5. The molecular formula is C18H24O6S. The van der Waals surface area contributed by atoms with Crippen LogP contribution in [0, 0.1) is 17.3 Å². The number of phenols is 1. The molecule has 6 nitrogen and oxygen atoms in total. The van der Waals surface area contributed by atoms with Crippen LogP contribution in [0.15, 0.2) is 18.2 Å². The Hall–Kier alpha value is -1.15. The fourth-order valence-corrected chi connectivity index (χ4v) is 6.44. The zero-order valence-electron chi connectivity index (χ0n) is 14.1. The molecular weight excluding hydrogens is 344 g/mol. The minimum absolute atomic E-state index is 0.166. The van der Waals surface area contributed by atoms with Gasteiger partial charge in [-0.15, -0.1) is 0 Å². The summed E-state index contributed by atoms with van der Waals surface area (Å²) >= 11 is 0. The van der Waals surface area contributed by atoms with Crippen molar-refractivity contribution in [2.24, 2.45) is 17.3 Å². The third kappa shape index (κ3) is 2.77. The Morgan fingerprint density at radius 1 is 1.20 bits per heavy atom. The zero-order valence-corrected chi connectivity index (χ0v) is 14.9. The molecule has 0 radical (unpaired) electrons. The average Bonchev–Trinajstić information content (AvgIpc) is 2.83. The minimum atomic E-state index is -4.47. The largest absolute Gasteiger partial charge is 0.508 e. The molecule has 0 heterocycles. The van der Waals surface area contributed by atoms with Gasteiger partial charge < -0.3 is 10.2 Å². The number of rotatable bonds is 2. The van der Waals surface area contributed by atoms with E-state index in [0.29, 0.717) is 18.8 Å². The van der Waals surface area contributed by atoms with Gasteiger partial charge in [-0.25, -0.2) is 4.18 Å². The number of aromatic hydroxyl groups is 1. The molecule has 3 aliphatic carbocycles. The molecule has 0 bridgehead atoms. The van der Waals surface area contributed by atoms with Crippen LogP contribution in [-0.4, -0.2) is 29.3 Å². The van der Waals surface area contributed by atoms with Gasteiger partial charge in [0.2, 0.25) is 0 Å². The number of benzene rings is 1. The summed E-state index contributed by atoms with van der Waals surface area (Å²) in [5.41, 5.74) is 1.60. The Morgan fingerprint density at radius 3 is 2.68 bits per heavy atom. The molecule has 138 valence electrons. The van der Waals surface area contributed by atoms with E-state index in [-0.39, 0.29) is 23.0 Å². The van der Waals surface area contributed by atoms with Gasteiger partial charge in [-0.1, -0.05) is 13.0 Å². The molecule has 3 N–H and O–H groups in total. The monoisotopic (exact) mass is 368 g/mol. The van der Waals surface area contributed by atoms with Crippen LogP contribution in [0.1, 0.15) is 62.2 Å². The van der Waals surface area contributed by atoms with Gasteiger partial charge in [0, 0.05) is 0 Å². The normalized spacial score (nSPS) is 40.2. The molecule has 0 saturated heterocycles. The van der Waals surface area contributed by atoms with E-state index in [1.165, 1.54) is 0 Å². The number of aliphatic hydroxyl groups excluding tert-OH is 1. The topological polar surface area (TPSA) is 104 Å². The fourth-order valence-electron chi connectivity index (χ4n) is 5.83. The lowest BCUT2D eigenvalue weighted by Crippen LogP contribution is -2.45. The van der Waals surface area contributed by atoms with Gasteiger partial charge in [-0.3, -0.25) is 4.55 Å².